The van der Waals surface area contributed by atoms with Gasteiger partial charge in [0.2, 0.25) is 5.91 Å². The third-order valence-electron chi connectivity index (χ3n) is 5.98. The fourth-order valence-corrected chi connectivity index (χ4v) is 4.44. The molecule has 132 valence electrons. The average Bonchev–Trinajstić information content (AvgIpc) is 2.57. The molecule has 0 N–H and O–H groups in total. The van der Waals surface area contributed by atoms with Crippen molar-refractivity contribution in [2.45, 2.75) is 44.6 Å². The van der Waals surface area contributed by atoms with E-state index in [2.05, 4.69) is 11.8 Å². The number of ether oxygens (including phenoxy) is 2. The number of carbonyl (C=O) groups excluding carboxylic acids is 1. The van der Waals surface area contributed by atoms with Gasteiger partial charge < -0.3 is 19.3 Å². The van der Waals surface area contributed by atoms with Gasteiger partial charge in [-0.2, -0.15) is 0 Å². The van der Waals surface area contributed by atoms with Crippen molar-refractivity contribution in [1.29, 1.82) is 0 Å². The maximum atomic E-state index is 12.7. The zero-order valence-electron chi connectivity index (χ0n) is 14.8. The molecule has 0 aromatic rings. The number of carbonyl (C=O) groups is 1. The second kappa shape index (κ2) is 7.49. The molecule has 1 amide bonds. The fourth-order valence-electron chi connectivity index (χ4n) is 4.44. The Labute approximate surface area is 140 Å². The minimum absolute atomic E-state index is 0.0452. The van der Waals surface area contributed by atoms with Crippen molar-refractivity contribution in [2.75, 3.05) is 53.0 Å². The largest absolute Gasteiger partial charge is 0.385 e. The molecule has 5 heteroatoms. The molecule has 1 atom stereocenters. The van der Waals surface area contributed by atoms with Gasteiger partial charge in [0.05, 0.1) is 13.1 Å². The number of rotatable bonds is 5. The van der Waals surface area contributed by atoms with Gasteiger partial charge in [-0.1, -0.05) is 6.92 Å². The predicted molar refractivity (Wildman–Crippen MR) is 89.3 cm³/mol. The first kappa shape index (κ1) is 17.2. The van der Waals surface area contributed by atoms with Crippen molar-refractivity contribution in [3.63, 3.8) is 0 Å². The summed E-state index contributed by atoms with van der Waals surface area (Å²) in [6.45, 7) is 8.73. The van der Waals surface area contributed by atoms with Gasteiger partial charge in [-0.25, -0.2) is 0 Å². The van der Waals surface area contributed by atoms with Crippen molar-refractivity contribution in [3.8, 4) is 0 Å². The van der Waals surface area contributed by atoms with Gasteiger partial charge in [-0.05, 0) is 57.7 Å². The standard InChI is InChI=1S/C18H32N2O3/c1-3-19-8-4-16(5-9-19)17(21)20-13-18(14-20)12-15(6-10-22-2)7-11-23-18/h15-16H,3-14H2,1-2H3/t15-/m1/s1. The van der Waals surface area contributed by atoms with Gasteiger partial charge in [0.15, 0.2) is 0 Å². The molecule has 0 aliphatic carbocycles. The second-order valence-corrected chi connectivity index (χ2v) is 7.57. The molecular weight excluding hydrogens is 292 g/mol. The van der Waals surface area contributed by atoms with E-state index in [0.717, 1.165) is 78.0 Å². The topological polar surface area (TPSA) is 42.0 Å². The van der Waals surface area contributed by atoms with Crippen LogP contribution in [0.25, 0.3) is 0 Å². The molecular formula is C18H32N2O3. The summed E-state index contributed by atoms with van der Waals surface area (Å²) in [7, 11) is 1.77. The minimum Gasteiger partial charge on any atom is -0.385 e. The molecule has 3 heterocycles. The first-order valence-electron chi connectivity index (χ1n) is 9.30. The van der Waals surface area contributed by atoms with Gasteiger partial charge >= 0.3 is 0 Å². The van der Waals surface area contributed by atoms with Crippen LogP contribution in [-0.4, -0.2) is 74.4 Å². The van der Waals surface area contributed by atoms with Crippen LogP contribution in [0, 0.1) is 11.8 Å². The third kappa shape index (κ3) is 3.89. The van der Waals surface area contributed by atoms with Crippen LogP contribution < -0.4 is 0 Å². The lowest BCUT2D eigenvalue weighted by molar-refractivity contribution is -0.192. The molecule has 1 spiro atoms. The Morgan fingerprint density at radius 1 is 1.26 bits per heavy atom. The van der Waals surface area contributed by atoms with Crippen molar-refractivity contribution >= 4 is 5.91 Å². The molecule has 0 radical (unpaired) electrons. The Hall–Kier alpha value is -0.650. The van der Waals surface area contributed by atoms with Gasteiger partial charge in [-0.15, -0.1) is 0 Å². The summed E-state index contributed by atoms with van der Waals surface area (Å²) in [5, 5.41) is 0. The van der Waals surface area contributed by atoms with Crippen LogP contribution in [0.4, 0.5) is 0 Å². The van der Waals surface area contributed by atoms with Crippen LogP contribution in [0.5, 0.6) is 0 Å². The molecule has 0 saturated carbocycles. The third-order valence-corrected chi connectivity index (χ3v) is 5.98. The normalized spacial score (nSPS) is 28.8. The van der Waals surface area contributed by atoms with E-state index in [1.54, 1.807) is 7.11 Å². The summed E-state index contributed by atoms with van der Waals surface area (Å²) < 4.78 is 11.3. The molecule has 0 aromatic heterocycles. The van der Waals surface area contributed by atoms with E-state index in [9.17, 15) is 4.79 Å². The number of methoxy groups -OCH3 is 1. The lowest BCUT2D eigenvalue weighted by atomic mass is 9.78. The summed E-state index contributed by atoms with van der Waals surface area (Å²) >= 11 is 0. The van der Waals surface area contributed by atoms with E-state index in [1.807, 2.05) is 4.90 Å². The number of nitrogens with zero attached hydrogens (tertiary/aromatic N) is 2. The van der Waals surface area contributed by atoms with Gasteiger partial charge in [-0.3, -0.25) is 4.79 Å². The van der Waals surface area contributed by atoms with Crippen LogP contribution >= 0.6 is 0 Å². The Morgan fingerprint density at radius 2 is 2.00 bits per heavy atom. The Morgan fingerprint density at radius 3 is 2.65 bits per heavy atom. The molecule has 5 nitrogen and oxygen atoms in total. The molecule has 3 saturated heterocycles. The summed E-state index contributed by atoms with van der Waals surface area (Å²) in [5.74, 6) is 1.30. The number of hydrogen-bond donors (Lipinski definition) is 0. The van der Waals surface area contributed by atoms with Gasteiger partial charge in [0.25, 0.3) is 0 Å². The zero-order chi connectivity index (χ0) is 16.3. The van der Waals surface area contributed by atoms with Crippen LogP contribution in [0.1, 0.15) is 39.0 Å². The number of piperidine rings is 1. The van der Waals surface area contributed by atoms with Crippen LogP contribution in [-0.2, 0) is 14.3 Å². The maximum Gasteiger partial charge on any atom is 0.225 e. The summed E-state index contributed by atoms with van der Waals surface area (Å²) in [6.07, 6.45) is 5.38. The average molecular weight is 324 g/mol. The van der Waals surface area contributed by atoms with Gasteiger partial charge in [0, 0.05) is 26.2 Å². The maximum absolute atomic E-state index is 12.7. The highest BCUT2D eigenvalue weighted by molar-refractivity contribution is 5.80. The molecule has 3 aliphatic heterocycles. The Kier molecular flexibility index (Phi) is 5.60. The first-order valence-corrected chi connectivity index (χ1v) is 9.30. The molecule has 3 rings (SSSR count). The summed E-state index contributed by atoms with van der Waals surface area (Å²) in [6, 6.07) is 0. The van der Waals surface area contributed by atoms with Crippen molar-refractivity contribution in [1.82, 2.24) is 9.80 Å². The number of hydrogen-bond acceptors (Lipinski definition) is 4. The van der Waals surface area contributed by atoms with Crippen LogP contribution in [0.15, 0.2) is 0 Å². The van der Waals surface area contributed by atoms with Crippen LogP contribution in [0.2, 0.25) is 0 Å². The lowest BCUT2D eigenvalue weighted by Gasteiger charge is -2.54. The number of amides is 1. The molecule has 0 aromatic carbocycles. The van der Waals surface area contributed by atoms with E-state index < -0.39 is 0 Å². The van der Waals surface area contributed by atoms with E-state index in [1.165, 1.54) is 0 Å². The Balaban J connectivity index is 1.45. The van der Waals surface area contributed by atoms with Crippen molar-refractivity contribution < 1.29 is 14.3 Å². The molecule has 3 aliphatic rings. The SMILES string of the molecule is CCN1CCC(C(=O)N2CC3(C[C@H](CCOC)CCO3)C2)CC1. The quantitative estimate of drug-likeness (QED) is 0.773. The Bertz CT molecular complexity index is 401. The monoisotopic (exact) mass is 324 g/mol. The van der Waals surface area contributed by atoms with Gasteiger partial charge in [0.1, 0.15) is 5.60 Å². The summed E-state index contributed by atoms with van der Waals surface area (Å²) in [4.78, 5) is 17.2. The lowest BCUT2D eigenvalue weighted by Crippen LogP contribution is -2.67. The number of likely N-dealkylation sites (tertiary alicyclic amines) is 2. The second-order valence-electron chi connectivity index (χ2n) is 7.57. The zero-order valence-corrected chi connectivity index (χ0v) is 14.8. The van der Waals surface area contributed by atoms with Crippen molar-refractivity contribution in [3.05, 3.63) is 0 Å². The van der Waals surface area contributed by atoms with Crippen LogP contribution in [0.3, 0.4) is 0 Å². The van der Waals surface area contributed by atoms with E-state index >= 15 is 0 Å². The molecule has 23 heavy (non-hydrogen) atoms. The van der Waals surface area contributed by atoms with E-state index in [0.29, 0.717) is 11.8 Å². The fraction of sp³-hybridized carbons (Fsp3) is 0.944. The van der Waals surface area contributed by atoms with Crippen molar-refractivity contribution in [2.24, 2.45) is 11.8 Å². The van der Waals surface area contributed by atoms with E-state index in [-0.39, 0.29) is 11.5 Å². The molecule has 0 unspecified atom stereocenters. The highest BCUT2D eigenvalue weighted by atomic mass is 16.5. The first-order chi connectivity index (χ1) is 11.2. The molecule has 3 fully saturated rings. The predicted octanol–water partition coefficient (Wildman–Crippen LogP) is 1.76. The summed E-state index contributed by atoms with van der Waals surface area (Å²) in [5.41, 5.74) is -0.0452. The minimum atomic E-state index is -0.0452. The molecule has 0 bridgehead atoms. The highest BCUT2D eigenvalue weighted by Crippen LogP contribution is 2.39. The smallest absolute Gasteiger partial charge is 0.225 e. The highest BCUT2D eigenvalue weighted by Gasteiger charge is 2.50. The van der Waals surface area contributed by atoms with E-state index in [4.69, 9.17) is 9.47 Å².